The average Bonchev–Trinajstić information content (AvgIpc) is 3.08. The van der Waals surface area contributed by atoms with E-state index in [1.807, 2.05) is 38.1 Å². The van der Waals surface area contributed by atoms with E-state index >= 15 is 0 Å². The molecule has 0 aliphatic rings. The number of hydrogen-bond donors (Lipinski definition) is 2. The van der Waals surface area contributed by atoms with E-state index in [4.69, 9.17) is 4.74 Å². The molecule has 3 aromatic heterocycles. The first-order valence-electron chi connectivity index (χ1n) is 8.55. The number of aromatic amines is 1. The van der Waals surface area contributed by atoms with Gasteiger partial charge in [0.2, 0.25) is 5.88 Å². The Bertz CT molecular complexity index is 1120. The molecule has 0 aliphatic heterocycles. The number of nitrogens with one attached hydrogen (secondary N) is 2. The summed E-state index contributed by atoms with van der Waals surface area (Å²) in [6.07, 6.45) is 4.99. The van der Waals surface area contributed by atoms with E-state index in [-0.39, 0.29) is 5.91 Å². The van der Waals surface area contributed by atoms with Crippen LogP contribution in [0.4, 0.5) is 5.69 Å². The summed E-state index contributed by atoms with van der Waals surface area (Å²) in [7, 11) is 0. The number of benzene rings is 1. The summed E-state index contributed by atoms with van der Waals surface area (Å²) in [5.74, 6) is 0.895. The SMILES string of the molecule is Cc1ccc2c(C(=O)Nc3ccc(Oc4cccnc4C)nc3)c[nH]c2c1. The lowest BCUT2D eigenvalue weighted by molar-refractivity contribution is 0.102. The highest BCUT2D eigenvalue weighted by molar-refractivity contribution is 6.12. The molecule has 6 nitrogen and oxygen atoms in total. The first-order valence-corrected chi connectivity index (χ1v) is 8.55. The molecule has 4 aromatic rings. The smallest absolute Gasteiger partial charge is 0.257 e. The van der Waals surface area contributed by atoms with Gasteiger partial charge in [0.15, 0.2) is 5.75 Å². The molecule has 0 unspecified atom stereocenters. The highest BCUT2D eigenvalue weighted by Gasteiger charge is 2.12. The number of pyridine rings is 2. The molecule has 4 rings (SSSR count). The zero-order valence-electron chi connectivity index (χ0n) is 15.0. The second-order valence-electron chi connectivity index (χ2n) is 6.28. The number of carbonyl (C=O) groups is 1. The maximum Gasteiger partial charge on any atom is 0.257 e. The number of amides is 1. The number of H-pyrrole nitrogens is 1. The van der Waals surface area contributed by atoms with Crippen LogP contribution in [0.2, 0.25) is 0 Å². The van der Waals surface area contributed by atoms with Gasteiger partial charge in [-0.2, -0.15) is 0 Å². The maximum atomic E-state index is 12.6. The summed E-state index contributed by atoms with van der Waals surface area (Å²) in [5, 5.41) is 3.75. The molecule has 0 atom stereocenters. The van der Waals surface area contributed by atoms with Crippen LogP contribution in [0, 0.1) is 13.8 Å². The molecule has 6 heteroatoms. The van der Waals surface area contributed by atoms with Crippen LogP contribution in [0.1, 0.15) is 21.6 Å². The summed E-state index contributed by atoms with van der Waals surface area (Å²) >= 11 is 0. The molecule has 3 heterocycles. The van der Waals surface area contributed by atoms with Crippen molar-refractivity contribution in [3.8, 4) is 11.6 Å². The van der Waals surface area contributed by atoms with E-state index < -0.39 is 0 Å². The number of aromatic nitrogens is 3. The Balaban J connectivity index is 1.49. The van der Waals surface area contributed by atoms with E-state index in [2.05, 4.69) is 20.3 Å². The summed E-state index contributed by atoms with van der Waals surface area (Å²) in [6, 6.07) is 13.0. The largest absolute Gasteiger partial charge is 0.437 e. The van der Waals surface area contributed by atoms with Crippen molar-refractivity contribution in [3.63, 3.8) is 0 Å². The van der Waals surface area contributed by atoms with Crippen LogP contribution in [0.15, 0.2) is 61.1 Å². The summed E-state index contributed by atoms with van der Waals surface area (Å²) in [4.78, 5) is 24.2. The number of carbonyl (C=O) groups excluding carboxylic acids is 1. The van der Waals surface area contributed by atoms with Gasteiger partial charge < -0.3 is 15.0 Å². The molecule has 0 saturated carbocycles. The fourth-order valence-electron chi connectivity index (χ4n) is 2.83. The molecule has 0 radical (unpaired) electrons. The molecule has 0 bridgehead atoms. The van der Waals surface area contributed by atoms with Crippen molar-refractivity contribution in [3.05, 3.63) is 77.9 Å². The first kappa shape index (κ1) is 16.8. The van der Waals surface area contributed by atoms with Crippen molar-refractivity contribution >= 4 is 22.5 Å². The molecule has 1 amide bonds. The minimum absolute atomic E-state index is 0.191. The zero-order chi connectivity index (χ0) is 18.8. The number of ether oxygens (including phenoxy) is 1. The molecule has 27 heavy (non-hydrogen) atoms. The third-order valence-electron chi connectivity index (χ3n) is 4.25. The molecule has 0 spiro atoms. The van der Waals surface area contributed by atoms with E-state index in [0.29, 0.717) is 22.9 Å². The van der Waals surface area contributed by atoms with Gasteiger partial charge in [-0.1, -0.05) is 12.1 Å². The maximum absolute atomic E-state index is 12.6. The lowest BCUT2D eigenvalue weighted by Gasteiger charge is -2.08. The van der Waals surface area contributed by atoms with Gasteiger partial charge in [-0.05, 0) is 43.7 Å². The van der Waals surface area contributed by atoms with Crippen molar-refractivity contribution < 1.29 is 9.53 Å². The molecule has 2 N–H and O–H groups in total. The van der Waals surface area contributed by atoms with Gasteiger partial charge in [0.1, 0.15) is 0 Å². The summed E-state index contributed by atoms with van der Waals surface area (Å²) in [5.41, 5.74) is 4.05. The van der Waals surface area contributed by atoms with Crippen molar-refractivity contribution in [1.82, 2.24) is 15.0 Å². The van der Waals surface area contributed by atoms with Gasteiger partial charge >= 0.3 is 0 Å². The first-order chi connectivity index (χ1) is 13.1. The molecule has 0 fully saturated rings. The van der Waals surface area contributed by atoms with Crippen molar-refractivity contribution in [2.45, 2.75) is 13.8 Å². The number of nitrogens with zero attached hydrogens (tertiary/aromatic N) is 2. The Kier molecular flexibility index (Phi) is 4.30. The van der Waals surface area contributed by atoms with Crippen LogP contribution >= 0.6 is 0 Å². The Morgan fingerprint density at radius 1 is 1.11 bits per heavy atom. The van der Waals surface area contributed by atoms with Crippen LogP contribution < -0.4 is 10.1 Å². The van der Waals surface area contributed by atoms with Crippen LogP contribution in [0.25, 0.3) is 10.9 Å². The van der Waals surface area contributed by atoms with Gasteiger partial charge in [-0.3, -0.25) is 9.78 Å². The van der Waals surface area contributed by atoms with Crippen molar-refractivity contribution in [1.29, 1.82) is 0 Å². The third-order valence-corrected chi connectivity index (χ3v) is 4.25. The Morgan fingerprint density at radius 3 is 2.78 bits per heavy atom. The van der Waals surface area contributed by atoms with Crippen LogP contribution in [-0.4, -0.2) is 20.9 Å². The van der Waals surface area contributed by atoms with E-state index in [9.17, 15) is 4.79 Å². The quantitative estimate of drug-likeness (QED) is 0.558. The Labute approximate surface area is 156 Å². The molecule has 134 valence electrons. The Hall–Kier alpha value is -3.67. The average molecular weight is 358 g/mol. The van der Waals surface area contributed by atoms with Gasteiger partial charge in [-0.15, -0.1) is 0 Å². The fraction of sp³-hybridized carbons (Fsp3) is 0.0952. The highest BCUT2D eigenvalue weighted by atomic mass is 16.5. The fourth-order valence-corrected chi connectivity index (χ4v) is 2.83. The predicted molar refractivity (Wildman–Crippen MR) is 104 cm³/mol. The number of anilines is 1. The lowest BCUT2D eigenvalue weighted by atomic mass is 10.1. The van der Waals surface area contributed by atoms with Crippen molar-refractivity contribution in [2.24, 2.45) is 0 Å². The summed E-state index contributed by atoms with van der Waals surface area (Å²) in [6.45, 7) is 3.88. The van der Waals surface area contributed by atoms with Crippen LogP contribution in [-0.2, 0) is 0 Å². The monoisotopic (exact) mass is 358 g/mol. The molecular formula is C21H18N4O2. The third kappa shape index (κ3) is 3.50. The minimum atomic E-state index is -0.191. The van der Waals surface area contributed by atoms with Crippen LogP contribution in [0.3, 0.4) is 0 Å². The van der Waals surface area contributed by atoms with Gasteiger partial charge in [0, 0.05) is 29.4 Å². The second-order valence-corrected chi connectivity index (χ2v) is 6.28. The van der Waals surface area contributed by atoms with Crippen LogP contribution in [0.5, 0.6) is 11.6 Å². The normalized spacial score (nSPS) is 10.7. The summed E-state index contributed by atoms with van der Waals surface area (Å²) < 4.78 is 5.72. The lowest BCUT2D eigenvalue weighted by Crippen LogP contribution is -2.11. The van der Waals surface area contributed by atoms with Crippen molar-refractivity contribution in [2.75, 3.05) is 5.32 Å². The van der Waals surface area contributed by atoms with Gasteiger partial charge in [0.25, 0.3) is 5.91 Å². The minimum Gasteiger partial charge on any atom is -0.437 e. The molecular weight excluding hydrogens is 340 g/mol. The number of hydrogen-bond acceptors (Lipinski definition) is 4. The standard InChI is InChI=1S/C21H18N4O2/c1-13-5-7-16-17(12-23-18(16)10-13)21(26)25-15-6-8-20(24-11-15)27-19-4-3-9-22-14(19)2/h3-12,23H,1-2H3,(H,25,26). The number of aryl methyl sites for hydroxylation is 2. The van der Waals surface area contributed by atoms with Gasteiger partial charge in [-0.25, -0.2) is 4.98 Å². The van der Waals surface area contributed by atoms with Gasteiger partial charge in [0.05, 0.1) is 23.1 Å². The van der Waals surface area contributed by atoms with E-state index in [1.54, 1.807) is 36.8 Å². The highest BCUT2D eigenvalue weighted by Crippen LogP contribution is 2.24. The number of fused-ring (bicyclic) bond motifs is 1. The Morgan fingerprint density at radius 2 is 2.00 bits per heavy atom. The number of rotatable bonds is 4. The van der Waals surface area contributed by atoms with E-state index in [0.717, 1.165) is 22.2 Å². The zero-order valence-corrected chi connectivity index (χ0v) is 15.0. The topological polar surface area (TPSA) is 79.9 Å². The van der Waals surface area contributed by atoms with E-state index in [1.165, 1.54) is 0 Å². The predicted octanol–water partition coefficient (Wildman–Crippen LogP) is 4.62. The molecule has 0 saturated heterocycles. The molecule has 0 aliphatic carbocycles. The second kappa shape index (κ2) is 6.92. The molecule has 1 aromatic carbocycles.